The lowest BCUT2D eigenvalue weighted by Crippen LogP contribution is -2.33. The average Bonchev–Trinajstić information content (AvgIpc) is 3.06. The summed E-state index contributed by atoms with van der Waals surface area (Å²) in [6.45, 7) is 2.08. The summed E-state index contributed by atoms with van der Waals surface area (Å²) in [5.41, 5.74) is 1.61. The quantitative estimate of drug-likeness (QED) is 0.900. The zero-order chi connectivity index (χ0) is 16.9. The number of H-pyrrole nitrogens is 1. The summed E-state index contributed by atoms with van der Waals surface area (Å²) in [4.78, 5) is 6.89. The van der Waals surface area contributed by atoms with Gasteiger partial charge in [0.25, 0.3) is 0 Å². The zero-order valence-electron chi connectivity index (χ0n) is 13.6. The summed E-state index contributed by atoms with van der Waals surface area (Å²) in [6, 6.07) is 7.88. The van der Waals surface area contributed by atoms with E-state index in [0.717, 1.165) is 43.0 Å². The van der Waals surface area contributed by atoms with Crippen molar-refractivity contribution < 1.29 is 4.74 Å². The molecule has 1 aliphatic rings. The molecule has 0 amide bonds. The van der Waals surface area contributed by atoms with E-state index in [0.29, 0.717) is 23.7 Å². The van der Waals surface area contributed by atoms with Crippen LogP contribution in [0, 0.1) is 11.3 Å². The van der Waals surface area contributed by atoms with Crippen LogP contribution >= 0.6 is 11.6 Å². The van der Waals surface area contributed by atoms with E-state index in [1.165, 1.54) is 0 Å². The summed E-state index contributed by atoms with van der Waals surface area (Å²) in [7, 11) is 1.64. The van der Waals surface area contributed by atoms with E-state index in [4.69, 9.17) is 16.3 Å². The number of piperidine rings is 1. The molecule has 2 heterocycles. The van der Waals surface area contributed by atoms with Crippen molar-refractivity contribution in [1.82, 2.24) is 20.1 Å². The molecule has 1 saturated heterocycles. The number of nitrogens with one attached hydrogen (secondary N) is 1. The van der Waals surface area contributed by atoms with Crippen molar-refractivity contribution in [2.75, 3.05) is 13.7 Å². The van der Waals surface area contributed by atoms with Crippen LogP contribution in [0.5, 0.6) is 0 Å². The fourth-order valence-corrected chi connectivity index (χ4v) is 3.31. The van der Waals surface area contributed by atoms with Crippen LogP contribution in [-0.2, 0) is 17.9 Å². The van der Waals surface area contributed by atoms with Crippen LogP contribution in [0.1, 0.15) is 48.1 Å². The number of aromatic amines is 1. The van der Waals surface area contributed by atoms with Gasteiger partial charge in [-0.05, 0) is 37.1 Å². The van der Waals surface area contributed by atoms with Gasteiger partial charge in [-0.1, -0.05) is 24.1 Å². The molecule has 3 rings (SSSR count). The molecule has 1 aromatic heterocycles. The number of benzene rings is 1. The molecule has 1 N–H and O–H groups in total. The highest BCUT2D eigenvalue weighted by molar-refractivity contribution is 6.30. The third-order valence-electron chi connectivity index (χ3n) is 4.31. The minimum absolute atomic E-state index is 0.155. The standard InChI is InChI=1S/C17H20ClN5O/c1-24-11-16-20-17(22-21-16)15-4-2-3-7-23(15)10-12-5-6-14(18)8-13(12)9-19/h5-6,8,15H,2-4,7,10-11H2,1H3,(H,20,21,22). The highest BCUT2D eigenvalue weighted by atomic mass is 35.5. The predicted octanol–water partition coefficient (Wildman–Crippen LogP) is 3.20. The van der Waals surface area contributed by atoms with Gasteiger partial charge in [0.05, 0.1) is 17.7 Å². The Hall–Kier alpha value is -1.94. The van der Waals surface area contributed by atoms with Crippen molar-refractivity contribution in [3.8, 4) is 6.07 Å². The van der Waals surface area contributed by atoms with Gasteiger partial charge in [-0.25, -0.2) is 4.98 Å². The first-order valence-electron chi connectivity index (χ1n) is 8.04. The fraction of sp³-hybridized carbons (Fsp3) is 0.471. The SMILES string of the molecule is COCc1nc(C2CCCCN2Cc2ccc(Cl)cc2C#N)n[nH]1. The van der Waals surface area contributed by atoms with E-state index in [1.807, 2.05) is 12.1 Å². The van der Waals surface area contributed by atoms with Gasteiger partial charge in [0, 0.05) is 18.7 Å². The van der Waals surface area contributed by atoms with Gasteiger partial charge >= 0.3 is 0 Å². The molecule has 1 aliphatic heterocycles. The number of ether oxygens (including phenoxy) is 1. The Morgan fingerprint density at radius 3 is 3.12 bits per heavy atom. The molecular weight excluding hydrogens is 326 g/mol. The smallest absolute Gasteiger partial charge is 0.167 e. The fourth-order valence-electron chi connectivity index (χ4n) is 3.14. The van der Waals surface area contributed by atoms with Crippen LogP contribution in [0.2, 0.25) is 5.02 Å². The van der Waals surface area contributed by atoms with Gasteiger partial charge < -0.3 is 4.74 Å². The number of nitriles is 1. The monoisotopic (exact) mass is 345 g/mol. The number of rotatable bonds is 5. The first-order valence-corrected chi connectivity index (χ1v) is 8.41. The van der Waals surface area contributed by atoms with E-state index in [1.54, 1.807) is 13.2 Å². The number of likely N-dealkylation sites (tertiary alicyclic amines) is 1. The Morgan fingerprint density at radius 2 is 2.33 bits per heavy atom. The van der Waals surface area contributed by atoms with Crippen LogP contribution < -0.4 is 0 Å². The average molecular weight is 346 g/mol. The lowest BCUT2D eigenvalue weighted by molar-refractivity contribution is 0.133. The van der Waals surface area contributed by atoms with Gasteiger partial charge in [0.15, 0.2) is 11.6 Å². The number of nitrogens with zero attached hydrogens (tertiary/aromatic N) is 4. The Bertz CT molecular complexity index is 739. The molecule has 1 aromatic carbocycles. The molecule has 0 aliphatic carbocycles. The summed E-state index contributed by atoms with van der Waals surface area (Å²) in [6.07, 6.45) is 3.31. The Morgan fingerprint density at radius 1 is 1.46 bits per heavy atom. The Labute approximate surface area is 146 Å². The second-order valence-electron chi connectivity index (χ2n) is 5.97. The normalized spacial score (nSPS) is 18.5. The molecule has 0 spiro atoms. The molecule has 2 aromatic rings. The summed E-state index contributed by atoms with van der Waals surface area (Å²) >= 11 is 5.99. The predicted molar refractivity (Wildman–Crippen MR) is 90.3 cm³/mol. The van der Waals surface area contributed by atoms with Crippen molar-refractivity contribution in [3.05, 3.63) is 46.0 Å². The van der Waals surface area contributed by atoms with Gasteiger partial charge in [0.1, 0.15) is 6.61 Å². The number of hydrogen-bond acceptors (Lipinski definition) is 5. The van der Waals surface area contributed by atoms with Gasteiger partial charge in [-0.3, -0.25) is 10.00 Å². The van der Waals surface area contributed by atoms with Gasteiger partial charge in [-0.2, -0.15) is 10.4 Å². The molecule has 7 heteroatoms. The van der Waals surface area contributed by atoms with Crippen molar-refractivity contribution in [1.29, 1.82) is 5.26 Å². The molecule has 1 unspecified atom stereocenters. The van der Waals surface area contributed by atoms with Gasteiger partial charge in [-0.15, -0.1) is 0 Å². The Balaban J connectivity index is 1.81. The minimum Gasteiger partial charge on any atom is -0.377 e. The van der Waals surface area contributed by atoms with Crippen LogP contribution in [0.4, 0.5) is 0 Å². The van der Waals surface area contributed by atoms with Crippen LogP contribution in [0.3, 0.4) is 0 Å². The maximum atomic E-state index is 9.35. The zero-order valence-corrected chi connectivity index (χ0v) is 14.4. The van der Waals surface area contributed by atoms with E-state index in [2.05, 4.69) is 26.2 Å². The minimum atomic E-state index is 0.155. The molecule has 0 bridgehead atoms. The third-order valence-corrected chi connectivity index (χ3v) is 4.54. The largest absolute Gasteiger partial charge is 0.377 e. The number of aromatic nitrogens is 3. The maximum absolute atomic E-state index is 9.35. The van der Waals surface area contributed by atoms with E-state index in [9.17, 15) is 5.26 Å². The molecular formula is C17H20ClN5O. The first-order chi connectivity index (χ1) is 11.7. The number of hydrogen-bond donors (Lipinski definition) is 1. The molecule has 126 valence electrons. The molecule has 1 atom stereocenters. The molecule has 24 heavy (non-hydrogen) atoms. The van der Waals surface area contributed by atoms with E-state index < -0.39 is 0 Å². The van der Waals surface area contributed by atoms with Crippen LogP contribution in [0.15, 0.2) is 18.2 Å². The highest BCUT2D eigenvalue weighted by Crippen LogP contribution is 2.31. The van der Waals surface area contributed by atoms with Crippen LogP contribution in [0.25, 0.3) is 0 Å². The van der Waals surface area contributed by atoms with Gasteiger partial charge in [0.2, 0.25) is 0 Å². The Kier molecular flexibility index (Phi) is 5.46. The molecule has 0 saturated carbocycles. The topological polar surface area (TPSA) is 77.8 Å². The third kappa shape index (κ3) is 3.75. The molecule has 0 radical (unpaired) electrons. The lowest BCUT2D eigenvalue weighted by Gasteiger charge is -2.34. The molecule has 6 nitrogen and oxygen atoms in total. The van der Waals surface area contributed by atoms with Crippen molar-refractivity contribution in [3.63, 3.8) is 0 Å². The second-order valence-corrected chi connectivity index (χ2v) is 6.41. The molecule has 1 fully saturated rings. The van der Waals surface area contributed by atoms with E-state index >= 15 is 0 Å². The summed E-state index contributed by atoms with van der Waals surface area (Å²) in [5.74, 6) is 1.54. The van der Waals surface area contributed by atoms with Crippen molar-refractivity contribution in [2.45, 2.75) is 38.5 Å². The maximum Gasteiger partial charge on any atom is 0.167 e. The number of halogens is 1. The van der Waals surface area contributed by atoms with E-state index in [-0.39, 0.29) is 6.04 Å². The first kappa shape index (κ1) is 16.9. The van der Waals surface area contributed by atoms with Crippen molar-refractivity contribution >= 4 is 11.6 Å². The lowest BCUT2D eigenvalue weighted by atomic mass is 9.99. The second kappa shape index (κ2) is 7.75. The summed E-state index contributed by atoms with van der Waals surface area (Å²) < 4.78 is 5.10. The number of methoxy groups -OCH3 is 1. The summed E-state index contributed by atoms with van der Waals surface area (Å²) in [5, 5.41) is 17.2. The highest BCUT2D eigenvalue weighted by Gasteiger charge is 2.27. The van der Waals surface area contributed by atoms with Crippen molar-refractivity contribution in [2.24, 2.45) is 0 Å². The van der Waals surface area contributed by atoms with Crippen LogP contribution in [-0.4, -0.2) is 33.7 Å².